The van der Waals surface area contributed by atoms with Crippen LogP contribution < -0.4 is 10.1 Å². The van der Waals surface area contributed by atoms with Crippen molar-refractivity contribution in [2.75, 3.05) is 11.9 Å². The number of pyridine rings is 1. The quantitative estimate of drug-likeness (QED) is 0.388. The lowest BCUT2D eigenvalue weighted by Gasteiger charge is -2.11. The number of para-hydroxylation sites is 2. The molecule has 0 spiro atoms. The van der Waals surface area contributed by atoms with Crippen LogP contribution in [0.3, 0.4) is 0 Å². The minimum absolute atomic E-state index is 0.153. The second-order valence-electron chi connectivity index (χ2n) is 7.61. The van der Waals surface area contributed by atoms with Crippen molar-refractivity contribution < 1.29 is 9.53 Å². The Morgan fingerprint density at radius 3 is 2.24 bits per heavy atom. The fourth-order valence-corrected chi connectivity index (χ4v) is 3.79. The normalized spacial score (nSPS) is 10.8. The summed E-state index contributed by atoms with van der Waals surface area (Å²) < 4.78 is 7.66. The molecule has 0 atom stereocenters. The van der Waals surface area contributed by atoms with Crippen LogP contribution in [0, 0.1) is 6.92 Å². The molecule has 5 rings (SSSR count). The molecule has 0 unspecified atom stereocenters. The smallest absolute Gasteiger partial charge is 0.262 e. The third kappa shape index (κ3) is 4.32. The summed E-state index contributed by atoms with van der Waals surface area (Å²) in [6.07, 6.45) is 0. The first-order chi connectivity index (χ1) is 16.2. The lowest BCUT2D eigenvalue weighted by molar-refractivity contribution is -0.118. The molecule has 33 heavy (non-hydrogen) atoms. The Balaban J connectivity index is 1.54. The largest absolute Gasteiger partial charge is 0.467 e. The van der Waals surface area contributed by atoms with Gasteiger partial charge in [-0.05, 0) is 42.3 Å². The number of nitrogens with one attached hydrogen (secondary N) is 1. The van der Waals surface area contributed by atoms with Crippen LogP contribution >= 0.6 is 0 Å². The first-order valence-corrected chi connectivity index (χ1v) is 10.7. The van der Waals surface area contributed by atoms with Gasteiger partial charge in [0, 0.05) is 11.8 Å². The van der Waals surface area contributed by atoms with Gasteiger partial charge >= 0.3 is 0 Å². The predicted molar refractivity (Wildman–Crippen MR) is 130 cm³/mol. The zero-order valence-electron chi connectivity index (χ0n) is 18.1. The minimum Gasteiger partial charge on any atom is -0.467 e. The number of amides is 1. The van der Waals surface area contributed by atoms with E-state index in [-0.39, 0.29) is 12.5 Å². The minimum atomic E-state index is -0.253. The monoisotopic (exact) mass is 434 g/mol. The molecular formula is C27H22N4O2. The number of aromatic nitrogens is 3. The van der Waals surface area contributed by atoms with Gasteiger partial charge < -0.3 is 10.1 Å². The fraction of sp³-hybridized carbons (Fsp3) is 0.0741. The summed E-state index contributed by atoms with van der Waals surface area (Å²) in [7, 11) is 0. The maximum Gasteiger partial charge on any atom is 0.262 e. The molecule has 3 aromatic carbocycles. The van der Waals surface area contributed by atoms with E-state index >= 15 is 0 Å². The first kappa shape index (κ1) is 20.5. The number of hydrogen-bond acceptors (Lipinski definition) is 4. The second-order valence-corrected chi connectivity index (χ2v) is 7.61. The maximum absolute atomic E-state index is 12.4. The molecule has 0 aliphatic rings. The van der Waals surface area contributed by atoms with Gasteiger partial charge in [-0.15, -0.1) is 0 Å². The SMILES string of the molecule is Cc1nn(-c2ccccc2)c2nc(OCC(=O)Nc3ccccc3)cc(-c3ccccc3)c12. The summed E-state index contributed by atoms with van der Waals surface area (Å²) in [5, 5.41) is 8.54. The number of nitrogens with zero attached hydrogens (tertiary/aromatic N) is 3. The predicted octanol–water partition coefficient (Wildman–Crippen LogP) is 5.41. The number of aryl methyl sites for hydroxylation is 1. The Hall–Kier alpha value is -4.45. The van der Waals surface area contributed by atoms with Crippen LogP contribution in [0.25, 0.3) is 27.8 Å². The number of carbonyl (C=O) groups is 1. The highest BCUT2D eigenvalue weighted by atomic mass is 16.5. The summed E-state index contributed by atoms with van der Waals surface area (Å²) >= 11 is 0. The van der Waals surface area contributed by atoms with Crippen molar-refractivity contribution in [1.82, 2.24) is 14.8 Å². The van der Waals surface area contributed by atoms with Crippen LogP contribution in [0.15, 0.2) is 97.1 Å². The Bertz CT molecular complexity index is 1400. The lowest BCUT2D eigenvalue weighted by Crippen LogP contribution is -2.20. The van der Waals surface area contributed by atoms with Crippen LogP contribution in [-0.2, 0) is 4.79 Å². The molecule has 162 valence electrons. The van der Waals surface area contributed by atoms with Crippen LogP contribution in [0.2, 0.25) is 0 Å². The number of rotatable bonds is 6. The molecule has 0 radical (unpaired) electrons. The van der Waals surface area contributed by atoms with Gasteiger partial charge in [0.15, 0.2) is 12.3 Å². The number of anilines is 1. The number of carbonyl (C=O) groups excluding carboxylic acids is 1. The van der Waals surface area contributed by atoms with E-state index in [9.17, 15) is 4.79 Å². The average Bonchev–Trinajstić information content (AvgIpc) is 3.20. The zero-order chi connectivity index (χ0) is 22.6. The Morgan fingerprint density at radius 1 is 0.909 bits per heavy atom. The molecule has 0 aliphatic carbocycles. The molecule has 5 aromatic rings. The topological polar surface area (TPSA) is 69.0 Å². The molecule has 2 aromatic heterocycles. The Morgan fingerprint density at radius 2 is 1.55 bits per heavy atom. The summed E-state index contributed by atoms with van der Waals surface area (Å²) in [5.41, 5.74) is 5.16. The number of hydrogen-bond donors (Lipinski definition) is 1. The number of benzene rings is 3. The molecule has 6 heteroatoms. The Labute approximate surface area is 191 Å². The van der Waals surface area contributed by atoms with E-state index in [1.165, 1.54) is 0 Å². The van der Waals surface area contributed by atoms with E-state index in [1.54, 1.807) is 0 Å². The van der Waals surface area contributed by atoms with Crippen molar-refractivity contribution in [2.45, 2.75) is 6.92 Å². The van der Waals surface area contributed by atoms with Gasteiger partial charge in [-0.25, -0.2) is 4.68 Å². The standard InChI is InChI=1S/C27H22N4O2/c1-19-26-23(20-11-5-2-6-12-20)17-25(33-18-24(32)28-21-13-7-3-8-14-21)29-27(26)31(30-19)22-15-9-4-10-16-22/h2-17H,18H2,1H3,(H,28,32). The van der Waals surface area contributed by atoms with Gasteiger partial charge in [0.25, 0.3) is 5.91 Å². The summed E-state index contributed by atoms with van der Waals surface area (Å²) in [5.74, 6) is 0.110. The average molecular weight is 434 g/mol. The molecule has 1 N–H and O–H groups in total. The highest BCUT2D eigenvalue weighted by Gasteiger charge is 2.18. The van der Waals surface area contributed by atoms with E-state index in [4.69, 9.17) is 14.8 Å². The highest BCUT2D eigenvalue weighted by molar-refractivity contribution is 5.96. The molecule has 0 saturated carbocycles. The first-order valence-electron chi connectivity index (χ1n) is 10.7. The summed E-state index contributed by atoms with van der Waals surface area (Å²) in [4.78, 5) is 17.2. The third-order valence-electron chi connectivity index (χ3n) is 5.28. The molecule has 0 saturated heterocycles. The summed E-state index contributed by atoms with van der Waals surface area (Å²) in [6.45, 7) is 1.82. The van der Waals surface area contributed by atoms with Gasteiger partial charge in [-0.3, -0.25) is 4.79 Å². The number of fused-ring (bicyclic) bond motifs is 1. The van der Waals surface area contributed by atoms with E-state index < -0.39 is 0 Å². The van der Waals surface area contributed by atoms with Crippen LogP contribution in [0.1, 0.15) is 5.69 Å². The van der Waals surface area contributed by atoms with Crippen molar-refractivity contribution >= 4 is 22.6 Å². The zero-order valence-corrected chi connectivity index (χ0v) is 18.1. The molecule has 6 nitrogen and oxygen atoms in total. The van der Waals surface area contributed by atoms with Gasteiger partial charge in [0.2, 0.25) is 5.88 Å². The van der Waals surface area contributed by atoms with Gasteiger partial charge in [-0.1, -0.05) is 66.7 Å². The van der Waals surface area contributed by atoms with Crippen molar-refractivity contribution in [2.24, 2.45) is 0 Å². The number of ether oxygens (including phenoxy) is 1. The molecule has 0 fully saturated rings. The van der Waals surface area contributed by atoms with Crippen LogP contribution in [-0.4, -0.2) is 27.3 Å². The van der Waals surface area contributed by atoms with Gasteiger partial charge in [-0.2, -0.15) is 10.1 Å². The Kier molecular flexibility index (Phi) is 5.55. The van der Waals surface area contributed by atoms with E-state index in [1.807, 2.05) is 109 Å². The molecule has 2 heterocycles. The van der Waals surface area contributed by atoms with Crippen molar-refractivity contribution in [3.8, 4) is 22.7 Å². The lowest BCUT2D eigenvalue weighted by atomic mass is 10.0. The van der Waals surface area contributed by atoms with Gasteiger partial charge in [0.05, 0.1) is 16.8 Å². The van der Waals surface area contributed by atoms with E-state index in [0.29, 0.717) is 11.5 Å². The highest BCUT2D eigenvalue weighted by Crippen LogP contribution is 2.34. The third-order valence-corrected chi connectivity index (χ3v) is 5.28. The van der Waals surface area contributed by atoms with Crippen molar-refractivity contribution in [3.05, 3.63) is 103 Å². The van der Waals surface area contributed by atoms with Crippen LogP contribution in [0.4, 0.5) is 5.69 Å². The molecule has 0 aliphatic heterocycles. The van der Waals surface area contributed by atoms with Crippen molar-refractivity contribution in [1.29, 1.82) is 0 Å². The molecular weight excluding hydrogens is 412 g/mol. The van der Waals surface area contributed by atoms with Crippen molar-refractivity contribution in [3.63, 3.8) is 0 Å². The van der Waals surface area contributed by atoms with Gasteiger partial charge in [0.1, 0.15) is 0 Å². The summed E-state index contributed by atoms with van der Waals surface area (Å²) in [6, 6.07) is 31.1. The fourth-order valence-electron chi connectivity index (χ4n) is 3.79. The molecule has 1 amide bonds. The molecule has 0 bridgehead atoms. The maximum atomic E-state index is 12.4. The second kappa shape index (κ2) is 8.96. The van der Waals surface area contributed by atoms with Crippen LogP contribution in [0.5, 0.6) is 5.88 Å². The van der Waals surface area contributed by atoms with E-state index in [0.717, 1.165) is 33.6 Å². The van der Waals surface area contributed by atoms with E-state index in [2.05, 4.69) is 5.32 Å².